The Kier molecular flexibility index (Phi) is 7.07. The maximum absolute atomic E-state index is 12.8. The van der Waals surface area contributed by atoms with Gasteiger partial charge in [-0.2, -0.15) is 0 Å². The van der Waals surface area contributed by atoms with Crippen LogP contribution in [0, 0.1) is 17.7 Å². The number of hydrogen-bond acceptors (Lipinski definition) is 1. The van der Waals surface area contributed by atoms with Gasteiger partial charge in [0, 0.05) is 6.04 Å². The molecule has 0 fully saturated rings. The summed E-state index contributed by atoms with van der Waals surface area (Å²) in [6.45, 7) is 10.1. The molecule has 0 radical (unpaired) electrons. The van der Waals surface area contributed by atoms with E-state index in [2.05, 4.69) is 33.0 Å². The van der Waals surface area contributed by atoms with Gasteiger partial charge >= 0.3 is 0 Å². The second-order valence-corrected chi connectivity index (χ2v) is 6.29. The zero-order valence-electron chi connectivity index (χ0n) is 12.7. The highest BCUT2D eigenvalue weighted by atomic mass is 19.1. The molecule has 0 aliphatic heterocycles. The van der Waals surface area contributed by atoms with E-state index < -0.39 is 0 Å². The Morgan fingerprint density at radius 2 is 1.47 bits per heavy atom. The van der Waals surface area contributed by atoms with Crippen molar-refractivity contribution in [2.75, 3.05) is 6.54 Å². The first-order chi connectivity index (χ1) is 8.97. The lowest BCUT2D eigenvalue weighted by Crippen LogP contribution is -2.33. The molecule has 1 rings (SSSR count). The van der Waals surface area contributed by atoms with Crippen molar-refractivity contribution < 1.29 is 4.39 Å². The van der Waals surface area contributed by atoms with Crippen molar-refractivity contribution in [2.45, 2.75) is 53.0 Å². The third-order valence-corrected chi connectivity index (χ3v) is 3.27. The van der Waals surface area contributed by atoms with Crippen LogP contribution in [0.25, 0.3) is 0 Å². The van der Waals surface area contributed by atoms with E-state index in [1.807, 2.05) is 12.1 Å². The predicted octanol–water partition coefficient (Wildman–Crippen LogP) is 4.42. The summed E-state index contributed by atoms with van der Waals surface area (Å²) in [6.07, 6.45) is 3.41. The minimum atomic E-state index is -0.158. The second-order valence-electron chi connectivity index (χ2n) is 6.29. The van der Waals surface area contributed by atoms with Gasteiger partial charge in [0.05, 0.1) is 0 Å². The van der Waals surface area contributed by atoms with Crippen molar-refractivity contribution >= 4 is 0 Å². The number of nitrogens with one attached hydrogen (secondary N) is 1. The fourth-order valence-electron chi connectivity index (χ4n) is 2.47. The average Bonchev–Trinajstić information content (AvgIpc) is 2.30. The lowest BCUT2D eigenvalue weighted by atomic mass is 9.95. The Morgan fingerprint density at radius 1 is 0.947 bits per heavy atom. The van der Waals surface area contributed by atoms with Crippen LogP contribution in [-0.2, 0) is 6.42 Å². The van der Waals surface area contributed by atoms with E-state index in [9.17, 15) is 4.39 Å². The summed E-state index contributed by atoms with van der Waals surface area (Å²) >= 11 is 0. The summed E-state index contributed by atoms with van der Waals surface area (Å²) in [6, 6.07) is 7.42. The maximum atomic E-state index is 12.8. The summed E-state index contributed by atoms with van der Waals surface area (Å²) < 4.78 is 12.8. The van der Waals surface area contributed by atoms with Gasteiger partial charge in [-0.05, 0) is 55.3 Å². The van der Waals surface area contributed by atoms with E-state index in [1.165, 1.54) is 30.5 Å². The number of rotatable bonds is 8. The van der Waals surface area contributed by atoms with Gasteiger partial charge in [-0.25, -0.2) is 4.39 Å². The SMILES string of the molecule is CC(C)CC(CC(C)C)NCCc1ccc(F)cc1. The summed E-state index contributed by atoms with van der Waals surface area (Å²) in [5.41, 5.74) is 1.20. The molecular formula is C17H28FN. The Morgan fingerprint density at radius 3 is 1.95 bits per heavy atom. The molecule has 0 saturated heterocycles. The average molecular weight is 265 g/mol. The molecule has 1 aromatic rings. The smallest absolute Gasteiger partial charge is 0.123 e. The molecule has 0 heterocycles. The molecule has 0 saturated carbocycles. The lowest BCUT2D eigenvalue weighted by molar-refractivity contribution is 0.361. The highest BCUT2D eigenvalue weighted by molar-refractivity contribution is 5.16. The topological polar surface area (TPSA) is 12.0 Å². The van der Waals surface area contributed by atoms with Crippen molar-refractivity contribution in [1.29, 1.82) is 0 Å². The molecule has 1 aromatic carbocycles. The highest BCUT2D eigenvalue weighted by Crippen LogP contribution is 2.13. The molecule has 108 valence electrons. The monoisotopic (exact) mass is 265 g/mol. The van der Waals surface area contributed by atoms with E-state index in [0.29, 0.717) is 6.04 Å². The number of benzene rings is 1. The summed E-state index contributed by atoms with van der Waals surface area (Å²) in [5.74, 6) is 1.29. The third-order valence-electron chi connectivity index (χ3n) is 3.27. The van der Waals surface area contributed by atoms with Crippen molar-refractivity contribution in [3.63, 3.8) is 0 Å². The first-order valence-electron chi connectivity index (χ1n) is 7.45. The van der Waals surface area contributed by atoms with Crippen LogP contribution in [0.4, 0.5) is 4.39 Å². The van der Waals surface area contributed by atoms with Crippen LogP contribution in [-0.4, -0.2) is 12.6 Å². The largest absolute Gasteiger partial charge is 0.314 e. The normalized spacial score (nSPS) is 11.8. The molecule has 1 N–H and O–H groups in total. The highest BCUT2D eigenvalue weighted by Gasteiger charge is 2.11. The van der Waals surface area contributed by atoms with Crippen LogP contribution in [0.5, 0.6) is 0 Å². The van der Waals surface area contributed by atoms with Crippen LogP contribution in [0.1, 0.15) is 46.1 Å². The van der Waals surface area contributed by atoms with Crippen molar-refractivity contribution in [1.82, 2.24) is 5.32 Å². The molecule has 0 atom stereocenters. The van der Waals surface area contributed by atoms with Gasteiger partial charge in [-0.3, -0.25) is 0 Å². The van der Waals surface area contributed by atoms with Crippen LogP contribution in [0.15, 0.2) is 24.3 Å². The Labute approximate surface area is 117 Å². The van der Waals surface area contributed by atoms with E-state index in [1.54, 1.807) is 0 Å². The van der Waals surface area contributed by atoms with Gasteiger partial charge in [-0.1, -0.05) is 39.8 Å². The van der Waals surface area contributed by atoms with Crippen LogP contribution in [0.2, 0.25) is 0 Å². The predicted molar refractivity (Wildman–Crippen MR) is 80.8 cm³/mol. The van der Waals surface area contributed by atoms with Gasteiger partial charge in [0.25, 0.3) is 0 Å². The van der Waals surface area contributed by atoms with E-state index in [4.69, 9.17) is 0 Å². The number of hydrogen-bond donors (Lipinski definition) is 1. The Hall–Kier alpha value is -0.890. The molecule has 2 heteroatoms. The molecule has 0 aliphatic rings. The maximum Gasteiger partial charge on any atom is 0.123 e. The molecule has 0 spiro atoms. The van der Waals surface area contributed by atoms with Crippen LogP contribution in [0.3, 0.4) is 0 Å². The van der Waals surface area contributed by atoms with Gasteiger partial charge in [0.2, 0.25) is 0 Å². The summed E-state index contributed by atoms with van der Waals surface area (Å²) in [7, 11) is 0. The van der Waals surface area contributed by atoms with Crippen molar-refractivity contribution in [2.24, 2.45) is 11.8 Å². The molecular weight excluding hydrogens is 237 g/mol. The lowest BCUT2D eigenvalue weighted by Gasteiger charge is -2.22. The Balaban J connectivity index is 2.36. The number of halogens is 1. The van der Waals surface area contributed by atoms with Crippen LogP contribution < -0.4 is 5.32 Å². The van der Waals surface area contributed by atoms with Crippen LogP contribution >= 0.6 is 0 Å². The Bertz CT molecular complexity index is 333. The molecule has 0 aromatic heterocycles. The minimum absolute atomic E-state index is 0.158. The zero-order chi connectivity index (χ0) is 14.3. The zero-order valence-corrected chi connectivity index (χ0v) is 12.7. The van der Waals surface area contributed by atoms with Crippen molar-refractivity contribution in [3.8, 4) is 0 Å². The van der Waals surface area contributed by atoms with Gasteiger partial charge in [-0.15, -0.1) is 0 Å². The first-order valence-corrected chi connectivity index (χ1v) is 7.45. The summed E-state index contributed by atoms with van der Waals surface area (Å²) in [5, 5.41) is 3.65. The van der Waals surface area contributed by atoms with E-state index >= 15 is 0 Å². The second kappa shape index (κ2) is 8.31. The van der Waals surface area contributed by atoms with Gasteiger partial charge < -0.3 is 5.32 Å². The van der Waals surface area contributed by atoms with Gasteiger partial charge in [0.1, 0.15) is 5.82 Å². The molecule has 1 nitrogen and oxygen atoms in total. The fourth-order valence-corrected chi connectivity index (χ4v) is 2.47. The van der Waals surface area contributed by atoms with E-state index in [0.717, 1.165) is 24.8 Å². The molecule has 0 unspecified atom stereocenters. The molecule has 0 aliphatic carbocycles. The van der Waals surface area contributed by atoms with E-state index in [-0.39, 0.29) is 5.82 Å². The molecule has 0 amide bonds. The van der Waals surface area contributed by atoms with Crippen molar-refractivity contribution in [3.05, 3.63) is 35.6 Å². The quantitative estimate of drug-likeness (QED) is 0.733. The summed E-state index contributed by atoms with van der Waals surface area (Å²) in [4.78, 5) is 0. The fraction of sp³-hybridized carbons (Fsp3) is 0.647. The molecule has 19 heavy (non-hydrogen) atoms. The standard InChI is InChI=1S/C17H28FN/c1-13(2)11-17(12-14(3)4)19-10-9-15-5-7-16(18)8-6-15/h5-8,13-14,17,19H,9-12H2,1-4H3. The van der Waals surface area contributed by atoms with Gasteiger partial charge in [0.15, 0.2) is 0 Å². The molecule has 0 bridgehead atoms. The first kappa shape index (κ1) is 16.2. The third kappa shape index (κ3) is 7.31. The minimum Gasteiger partial charge on any atom is -0.314 e.